The molecule has 0 N–H and O–H groups in total. The van der Waals surface area contributed by atoms with E-state index in [1.54, 1.807) is 0 Å². The lowest BCUT2D eigenvalue weighted by molar-refractivity contribution is -0.198. The zero-order valence-corrected chi connectivity index (χ0v) is 21.1. The van der Waals surface area contributed by atoms with Crippen LogP contribution in [-0.4, -0.2) is 48.3 Å². The molecule has 8 heteroatoms. The summed E-state index contributed by atoms with van der Waals surface area (Å²) in [6.07, 6.45) is -0.639. The summed E-state index contributed by atoms with van der Waals surface area (Å²) in [6.45, 7) is 25.0. The molecule has 8 nitrogen and oxygen atoms in total. The van der Waals surface area contributed by atoms with Gasteiger partial charge in [-0.15, -0.1) is 0 Å². The Kier molecular flexibility index (Phi) is 12.3. The second-order valence-corrected chi connectivity index (χ2v) is 10.1. The fourth-order valence-corrected chi connectivity index (χ4v) is 3.12. The molecule has 0 aromatic rings. The van der Waals surface area contributed by atoms with Crippen LogP contribution in [0.3, 0.4) is 0 Å². The molecule has 190 valence electrons. The number of esters is 4. The molecule has 34 heavy (non-hydrogen) atoms. The zero-order chi connectivity index (χ0) is 26.7. The van der Waals surface area contributed by atoms with E-state index in [1.165, 1.54) is 0 Å². The molecule has 0 aliphatic carbocycles. The van der Waals surface area contributed by atoms with E-state index in [0.29, 0.717) is 0 Å². The molecule has 0 bridgehead atoms. The maximum absolute atomic E-state index is 12.3. The number of hydrogen-bond donors (Lipinski definition) is 0. The van der Waals surface area contributed by atoms with Gasteiger partial charge in [0.2, 0.25) is 0 Å². The maximum atomic E-state index is 12.3. The van der Waals surface area contributed by atoms with Gasteiger partial charge in [0.05, 0.1) is 0 Å². The van der Waals surface area contributed by atoms with Crippen LogP contribution in [0, 0.1) is 10.8 Å². The van der Waals surface area contributed by atoms with E-state index in [4.69, 9.17) is 18.9 Å². The van der Waals surface area contributed by atoms with Crippen LogP contribution in [0.2, 0.25) is 0 Å². The molecule has 0 aliphatic heterocycles. The van der Waals surface area contributed by atoms with Crippen molar-refractivity contribution in [1.82, 2.24) is 0 Å². The quantitative estimate of drug-likeness (QED) is 0.220. The summed E-state index contributed by atoms with van der Waals surface area (Å²) in [4.78, 5) is 49.0. The van der Waals surface area contributed by atoms with Crippen LogP contribution in [-0.2, 0) is 38.1 Å². The van der Waals surface area contributed by atoms with Crippen molar-refractivity contribution in [2.45, 2.75) is 78.8 Å². The van der Waals surface area contributed by atoms with Crippen LogP contribution in [0.5, 0.6) is 0 Å². The Bertz CT molecular complexity index is 716. The van der Waals surface area contributed by atoms with Crippen molar-refractivity contribution < 1.29 is 38.1 Å². The molecule has 0 rings (SSSR count). The molecule has 0 aromatic heterocycles. The van der Waals surface area contributed by atoms with E-state index in [9.17, 15) is 19.2 Å². The molecule has 4 atom stereocenters. The van der Waals surface area contributed by atoms with Crippen LogP contribution in [0.15, 0.2) is 50.6 Å². The Morgan fingerprint density at radius 1 is 0.559 bits per heavy atom. The molecule has 0 fully saturated rings. The molecule has 0 saturated carbocycles. The van der Waals surface area contributed by atoms with Gasteiger partial charge in [-0.2, -0.15) is 0 Å². The predicted octanol–water partition coefficient (Wildman–Crippen LogP) is 4.25. The van der Waals surface area contributed by atoms with Crippen molar-refractivity contribution in [1.29, 1.82) is 0 Å². The van der Waals surface area contributed by atoms with Crippen molar-refractivity contribution in [2.24, 2.45) is 10.8 Å². The summed E-state index contributed by atoms with van der Waals surface area (Å²) in [5.74, 6) is -3.22. The van der Waals surface area contributed by atoms with Crippen molar-refractivity contribution >= 4 is 23.9 Å². The molecular formula is C26H38O8. The first-order chi connectivity index (χ1) is 15.6. The zero-order valence-electron chi connectivity index (χ0n) is 21.1. The fraction of sp³-hybridized carbons (Fsp3) is 0.538. The van der Waals surface area contributed by atoms with Gasteiger partial charge in [0.15, 0.2) is 12.2 Å². The van der Waals surface area contributed by atoms with Gasteiger partial charge in [-0.3, -0.25) is 0 Å². The maximum Gasteiger partial charge on any atom is 0.330 e. The average molecular weight is 479 g/mol. The molecule has 0 aromatic carbocycles. The van der Waals surface area contributed by atoms with E-state index in [0.717, 1.165) is 24.3 Å². The first-order valence-electron chi connectivity index (χ1n) is 10.9. The van der Waals surface area contributed by atoms with Gasteiger partial charge in [-0.1, -0.05) is 67.9 Å². The number of carbonyl (C=O) groups excluding carboxylic acids is 4. The minimum Gasteiger partial charge on any atom is -0.455 e. The van der Waals surface area contributed by atoms with Crippen LogP contribution >= 0.6 is 0 Å². The van der Waals surface area contributed by atoms with Crippen LogP contribution in [0.25, 0.3) is 0 Å². The van der Waals surface area contributed by atoms with Crippen LogP contribution < -0.4 is 0 Å². The third-order valence-electron chi connectivity index (χ3n) is 4.39. The first-order valence-corrected chi connectivity index (χ1v) is 10.9. The van der Waals surface area contributed by atoms with Crippen molar-refractivity contribution in [3.8, 4) is 0 Å². The second-order valence-electron chi connectivity index (χ2n) is 10.1. The molecular weight excluding hydrogens is 440 g/mol. The van der Waals surface area contributed by atoms with Gasteiger partial charge >= 0.3 is 23.9 Å². The molecule has 4 unspecified atom stereocenters. The monoisotopic (exact) mass is 478 g/mol. The molecule has 0 spiro atoms. The van der Waals surface area contributed by atoms with Gasteiger partial charge < -0.3 is 18.9 Å². The number of hydrogen-bond acceptors (Lipinski definition) is 8. The van der Waals surface area contributed by atoms with E-state index in [-0.39, 0.29) is 12.8 Å². The smallest absolute Gasteiger partial charge is 0.330 e. The van der Waals surface area contributed by atoms with E-state index >= 15 is 0 Å². The predicted molar refractivity (Wildman–Crippen MR) is 128 cm³/mol. The number of carbonyl (C=O) groups is 4. The van der Waals surface area contributed by atoms with Gasteiger partial charge in [0.25, 0.3) is 0 Å². The van der Waals surface area contributed by atoms with Gasteiger partial charge in [-0.25, -0.2) is 19.2 Å². The first kappa shape index (κ1) is 30.8. The Morgan fingerprint density at radius 3 is 1.00 bits per heavy atom. The lowest BCUT2D eigenvalue weighted by atomic mass is 9.82. The minimum absolute atomic E-state index is 0.210. The van der Waals surface area contributed by atoms with E-state index < -0.39 is 59.1 Å². The largest absolute Gasteiger partial charge is 0.455 e. The van der Waals surface area contributed by atoms with E-state index in [1.807, 2.05) is 41.5 Å². The topological polar surface area (TPSA) is 105 Å². The minimum atomic E-state index is -1.34. The number of ether oxygens (including phenoxy) is 4. The lowest BCUT2D eigenvalue weighted by Crippen LogP contribution is -2.53. The normalized spacial score (nSPS) is 14.9. The third-order valence-corrected chi connectivity index (χ3v) is 4.39. The van der Waals surface area contributed by atoms with E-state index in [2.05, 4.69) is 26.3 Å². The summed E-state index contributed by atoms with van der Waals surface area (Å²) >= 11 is 0. The van der Waals surface area contributed by atoms with Gasteiger partial charge in [-0.05, 0) is 23.7 Å². The standard InChI is InChI=1S/C26H38O8/c1-11-19(27)31-17(15-25(5,6)7)23(33-21(29)13-3)24(34-22(30)14-4)18(16-26(8,9)10)32-20(28)12-2/h11-14,17-18,23-24H,1-4,15-16H2,5-10H3. The highest BCUT2D eigenvalue weighted by Crippen LogP contribution is 2.32. The molecule has 0 amide bonds. The van der Waals surface area contributed by atoms with Crippen molar-refractivity contribution in [2.75, 3.05) is 0 Å². The Balaban J connectivity index is 6.84. The fourth-order valence-electron chi connectivity index (χ4n) is 3.12. The SMILES string of the molecule is C=CC(=O)OC(CC(C)(C)C)C(OC(=O)C=C)C(OC(=O)C=C)C(CC(C)(C)C)OC(=O)C=C. The molecule has 0 heterocycles. The molecule has 0 radical (unpaired) electrons. The Labute approximate surface area is 202 Å². The molecule has 0 aliphatic rings. The van der Waals surface area contributed by atoms with Gasteiger partial charge in [0.1, 0.15) is 12.2 Å². The van der Waals surface area contributed by atoms with Gasteiger partial charge in [0, 0.05) is 24.3 Å². The highest BCUT2D eigenvalue weighted by Gasteiger charge is 2.45. The second kappa shape index (κ2) is 13.5. The summed E-state index contributed by atoms with van der Waals surface area (Å²) < 4.78 is 22.2. The Hall–Kier alpha value is -3.16. The molecule has 0 saturated heterocycles. The summed E-state index contributed by atoms with van der Waals surface area (Å²) in [7, 11) is 0. The van der Waals surface area contributed by atoms with Crippen LogP contribution in [0.4, 0.5) is 0 Å². The lowest BCUT2D eigenvalue weighted by Gasteiger charge is -2.39. The van der Waals surface area contributed by atoms with Crippen molar-refractivity contribution in [3.05, 3.63) is 50.6 Å². The third kappa shape index (κ3) is 12.2. The summed E-state index contributed by atoms with van der Waals surface area (Å²) in [5, 5.41) is 0. The summed E-state index contributed by atoms with van der Waals surface area (Å²) in [6, 6.07) is 0. The Morgan fingerprint density at radius 2 is 0.794 bits per heavy atom. The average Bonchev–Trinajstić information content (AvgIpc) is 2.72. The number of rotatable bonds is 13. The van der Waals surface area contributed by atoms with Crippen molar-refractivity contribution in [3.63, 3.8) is 0 Å². The highest BCUT2D eigenvalue weighted by molar-refractivity contribution is 5.83. The highest BCUT2D eigenvalue weighted by atomic mass is 16.6. The van der Waals surface area contributed by atoms with Crippen LogP contribution in [0.1, 0.15) is 54.4 Å². The summed E-state index contributed by atoms with van der Waals surface area (Å²) in [5.41, 5.74) is -0.815.